The van der Waals surface area contributed by atoms with Gasteiger partial charge in [0.15, 0.2) is 5.58 Å². The van der Waals surface area contributed by atoms with Gasteiger partial charge in [0.2, 0.25) is 5.89 Å². The number of hydrogen-bond acceptors (Lipinski definition) is 4. The molecule has 20 heavy (non-hydrogen) atoms. The number of rotatable bonds is 2. The van der Waals surface area contributed by atoms with E-state index in [1.807, 2.05) is 6.92 Å². The molecule has 0 aliphatic carbocycles. The normalized spacial score (nSPS) is 11.4. The lowest BCUT2D eigenvalue weighted by atomic mass is 10.3. The third-order valence-corrected chi connectivity index (χ3v) is 3.68. The maximum Gasteiger partial charge on any atom is 0.420 e. The molecule has 0 bridgehead atoms. The standard InChI is InChI=1S/C13H10BrFN2O3/c1-6-7(2)19-12(16-6)5-17-10-4-9(15)8(14)3-11(10)20-13(17)18/h3-4H,5H2,1-2H3. The van der Waals surface area contributed by atoms with Crippen LogP contribution in [0.2, 0.25) is 0 Å². The van der Waals surface area contributed by atoms with E-state index in [-0.39, 0.29) is 11.0 Å². The maximum absolute atomic E-state index is 13.6. The van der Waals surface area contributed by atoms with Crippen LogP contribution in [0.3, 0.4) is 0 Å². The minimum absolute atomic E-state index is 0.0988. The van der Waals surface area contributed by atoms with Crippen molar-refractivity contribution < 1.29 is 13.2 Å². The number of halogens is 2. The van der Waals surface area contributed by atoms with Crippen molar-refractivity contribution in [3.8, 4) is 0 Å². The monoisotopic (exact) mass is 340 g/mol. The first kappa shape index (κ1) is 13.1. The van der Waals surface area contributed by atoms with Crippen molar-refractivity contribution in [1.29, 1.82) is 0 Å². The van der Waals surface area contributed by atoms with Crippen LogP contribution in [-0.2, 0) is 6.54 Å². The van der Waals surface area contributed by atoms with E-state index in [2.05, 4.69) is 20.9 Å². The molecule has 0 aliphatic rings. The first-order valence-electron chi connectivity index (χ1n) is 5.87. The number of oxazole rings is 2. The fourth-order valence-electron chi connectivity index (χ4n) is 1.95. The van der Waals surface area contributed by atoms with Gasteiger partial charge in [0.25, 0.3) is 0 Å². The number of aromatic nitrogens is 2. The van der Waals surface area contributed by atoms with Crippen LogP contribution in [0.5, 0.6) is 0 Å². The Kier molecular flexibility index (Phi) is 3.01. The van der Waals surface area contributed by atoms with Gasteiger partial charge in [0.1, 0.15) is 18.1 Å². The van der Waals surface area contributed by atoms with Gasteiger partial charge < -0.3 is 8.83 Å². The van der Waals surface area contributed by atoms with E-state index in [0.29, 0.717) is 22.8 Å². The van der Waals surface area contributed by atoms with Gasteiger partial charge in [0, 0.05) is 12.1 Å². The van der Waals surface area contributed by atoms with Gasteiger partial charge in [-0.1, -0.05) is 0 Å². The van der Waals surface area contributed by atoms with Crippen molar-refractivity contribution in [3.05, 3.63) is 50.3 Å². The van der Waals surface area contributed by atoms with Gasteiger partial charge in [-0.2, -0.15) is 0 Å². The van der Waals surface area contributed by atoms with Crippen LogP contribution in [0.4, 0.5) is 4.39 Å². The highest BCUT2D eigenvalue weighted by Gasteiger charge is 2.15. The van der Waals surface area contributed by atoms with Gasteiger partial charge in [-0.25, -0.2) is 14.2 Å². The predicted molar refractivity (Wildman–Crippen MR) is 73.2 cm³/mol. The molecule has 2 heterocycles. The van der Waals surface area contributed by atoms with E-state index < -0.39 is 11.6 Å². The molecule has 0 atom stereocenters. The van der Waals surface area contributed by atoms with Gasteiger partial charge in [0.05, 0.1) is 15.7 Å². The van der Waals surface area contributed by atoms with Crippen LogP contribution in [0.15, 0.2) is 30.2 Å². The maximum atomic E-state index is 13.6. The minimum atomic E-state index is -0.578. The number of benzene rings is 1. The third-order valence-electron chi connectivity index (χ3n) is 3.08. The molecule has 0 unspecified atom stereocenters. The SMILES string of the molecule is Cc1nc(Cn2c(=O)oc3cc(Br)c(F)cc32)oc1C. The molecule has 3 aromatic rings. The van der Waals surface area contributed by atoms with Crippen LogP contribution in [0.25, 0.3) is 11.1 Å². The molecule has 0 spiro atoms. The predicted octanol–water partition coefficient (Wildman–Crippen LogP) is 3.15. The smallest absolute Gasteiger partial charge is 0.420 e. The summed E-state index contributed by atoms with van der Waals surface area (Å²) in [5, 5.41) is 0. The Morgan fingerprint density at radius 3 is 2.75 bits per heavy atom. The Hall–Kier alpha value is -1.89. The van der Waals surface area contributed by atoms with E-state index in [1.54, 1.807) is 6.92 Å². The van der Waals surface area contributed by atoms with Gasteiger partial charge in [-0.05, 0) is 29.8 Å². The summed E-state index contributed by atoms with van der Waals surface area (Å²) in [5.41, 5.74) is 1.43. The van der Waals surface area contributed by atoms with Crippen molar-refractivity contribution in [2.75, 3.05) is 0 Å². The topological polar surface area (TPSA) is 61.2 Å². The first-order valence-corrected chi connectivity index (χ1v) is 6.66. The van der Waals surface area contributed by atoms with E-state index >= 15 is 0 Å². The average Bonchev–Trinajstić information content (AvgIpc) is 2.83. The Balaban J connectivity index is 2.13. The number of fused-ring (bicyclic) bond motifs is 1. The van der Waals surface area contributed by atoms with Crippen molar-refractivity contribution in [3.63, 3.8) is 0 Å². The molecule has 7 heteroatoms. The highest BCUT2D eigenvalue weighted by Crippen LogP contribution is 2.23. The van der Waals surface area contributed by atoms with Crippen molar-refractivity contribution in [1.82, 2.24) is 9.55 Å². The molecule has 5 nitrogen and oxygen atoms in total. The lowest BCUT2D eigenvalue weighted by Crippen LogP contribution is -2.15. The zero-order chi connectivity index (χ0) is 14.4. The lowest BCUT2D eigenvalue weighted by Gasteiger charge is -1.99. The van der Waals surface area contributed by atoms with Crippen molar-refractivity contribution in [2.24, 2.45) is 0 Å². The minimum Gasteiger partial charge on any atom is -0.444 e. The Morgan fingerprint density at radius 1 is 1.35 bits per heavy atom. The molecule has 0 radical (unpaired) electrons. The summed E-state index contributed by atoms with van der Waals surface area (Å²) in [6.45, 7) is 3.70. The summed E-state index contributed by atoms with van der Waals surface area (Å²) in [6, 6.07) is 2.67. The van der Waals surface area contributed by atoms with Gasteiger partial charge in [-0.15, -0.1) is 0 Å². The van der Waals surface area contributed by atoms with Crippen molar-refractivity contribution in [2.45, 2.75) is 20.4 Å². The summed E-state index contributed by atoms with van der Waals surface area (Å²) in [4.78, 5) is 16.0. The summed E-state index contributed by atoms with van der Waals surface area (Å²) >= 11 is 3.05. The molecule has 0 amide bonds. The van der Waals surface area contributed by atoms with E-state index in [1.165, 1.54) is 16.7 Å². The van der Waals surface area contributed by atoms with E-state index in [9.17, 15) is 9.18 Å². The van der Waals surface area contributed by atoms with Crippen LogP contribution in [0, 0.1) is 19.7 Å². The highest BCUT2D eigenvalue weighted by atomic mass is 79.9. The molecule has 2 aromatic heterocycles. The zero-order valence-electron chi connectivity index (χ0n) is 10.7. The number of hydrogen-bond donors (Lipinski definition) is 0. The summed E-state index contributed by atoms with van der Waals surface area (Å²) in [7, 11) is 0. The van der Waals surface area contributed by atoms with Crippen LogP contribution < -0.4 is 5.76 Å². The Labute approximate surface area is 121 Å². The highest BCUT2D eigenvalue weighted by molar-refractivity contribution is 9.10. The molecule has 0 saturated carbocycles. The first-order chi connectivity index (χ1) is 9.45. The zero-order valence-corrected chi connectivity index (χ0v) is 12.3. The molecule has 1 aromatic carbocycles. The average molecular weight is 341 g/mol. The molecule has 0 saturated heterocycles. The fourth-order valence-corrected chi connectivity index (χ4v) is 2.27. The Morgan fingerprint density at radius 2 is 2.10 bits per heavy atom. The Bertz CT molecular complexity index is 843. The summed E-state index contributed by atoms with van der Waals surface area (Å²) in [6.07, 6.45) is 0. The fraction of sp³-hybridized carbons (Fsp3) is 0.231. The summed E-state index contributed by atoms with van der Waals surface area (Å²) in [5.74, 6) is 0.0284. The number of nitrogens with zero attached hydrogens (tertiary/aromatic N) is 2. The quantitative estimate of drug-likeness (QED) is 0.718. The molecule has 3 rings (SSSR count). The second-order valence-electron chi connectivity index (χ2n) is 4.44. The van der Waals surface area contributed by atoms with Crippen LogP contribution >= 0.6 is 15.9 Å². The second kappa shape index (κ2) is 4.59. The van der Waals surface area contributed by atoms with Crippen LogP contribution in [0.1, 0.15) is 17.3 Å². The largest absolute Gasteiger partial charge is 0.444 e. The number of aryl methyl sites for hydroxylation is 2. The molecule has 104 valence electrons. The molecule has 0 aliphatic heterocycles. The van der Waals surface area contributed by atoms with Gasteiger partial charge in [-0.3, -0.25) is 4.57 Å². The van der Waals surface area contributed by atoms with Crippen molar-refractivity contribution >= 4 is 27.0 Å². The van der Waals surface area contributed by atoms with E-state index in [0.717, 1.165) is 5.69 Å². The third kappa shape index (κ3) is 2.07. The molecular weight excluding hydrogens is 331 g/mol. The summed E-state index contributed by atoms with van der Waals surface area (Å²) < 4.78 is 25.6. The molecule has 0 fully saturated rings. The second-order valence-corrected chi connectivity index (χ2v) is 5.29. The lowest BCUT2D eigenvalue weighted by molar-refractivity contribution is 0.440. The molecule has 0 N–H and O–H groups in total. The molecular formula is C13H10BrFN2O3. The van der Waals surface area contributed by atoms with E-state index in [4.69, 9.17) is 8.83 Å². The van der Waals surface area contributed by atoms with Crippen LogP contribution in [-0.4, -0.2) is 9.55 Å². The van der Waals surface area contributed by atoms with Gasteiger partial charge >= 0.3 is 5.76 Å².